The summed E-state index contributed by atoms with van der Waals surface area (Å²) in [6.07, 6.45) is 8.28. The molecule has 19 heavy (non-hydrogen) atoms. The van der Waals surface area contributed by atoms with Gasteiger partial charge in [-0.05, 0) is 62.2 Å². The molecule has 2 atom stereocenters. The van der Waals surface area contributed by atoms with Crippen LogP contribution in [0.15, 0.2) is 0 Å². The maximum atomic E-state index is 12.3. The van der Waals surface area contributed by atoms with E-state index in [2.05, 4.69) is 33.0 Å². The first-order valence-corrected chi connectivity index (χ1v) is 8.16. The van der Waals surface area contributed by atoms with Crippen molar-refractivity contribution in [3.8, 4) is 0 Å². The summed E-state index contributed by atoms with van der Waals surface area (Å²) in [4.78, 5) is 12.3. The fraction of sp³-hybridized carbons (Fsp3) is 0.941. The van der Waals surface area contributed by atoms with Crippen LogP contribution >= 0.6 is 0 Å². The number of carbonyl (C=O) groups excluding carboxylic acids is 1. The SMILES string of the molecule is CC1CCC(NC(=O)C2CCC(C(C)(C)C)CC2)C1. The standard InChI is InChI=1S/C17H31NO/c1-12-5-10-15(11-12)18-16(19)13-6-8-14(9-7-13)17(2,3)4/h12-15H,5-11H2,1-4H3,(H,18,19). The van der Waals surface area contributed by atoms with E-state index < -0.39 is 0 Å². The van der Waals surface area contributed by atoms with E-state index in [-0.39, 0.29) is 5.92 Å². The monoisotopic (exact) mass is 265 g/mol. The molecule has 0 aliphatic heterocycles. The summed E-state index contributed by atoms with van der Waals surface area (Å²) in [7, 11) is 0. The smallest absolute Gasteiger partial charge is 0.223 e. The van der Waals surface area contributed by atoms with Crippen LogP contribution in [0, 0.1) is 23.2 Å². The van der Waals surface area contributed by atoms with Crippen molar-refractivity contribution >= 4 is 5.91 Å². The minimum Gasteiger partial charge on any atom is -0.353 e. The van der Waals surface area contributed by atoms with Crippen LogP contribution in [0.2, 0.25) is 0 Å². The van der Waals surface area contributed by atoms with Gasteiger partial charge >= 0.3 is 0 Å². The largest absolute Gasteiger partial charge is 0.353 e. The Morgan fingerprint density at radius 3 is 2.11 bits per heavy atom. The van der Waals surface area contributed by atoms with E-state index in [0.29, 0.717) is 17.4 Å². The topological polar surface area (TPSA) is 29.1 Å². The number of rotatable bonds is 2. The first kappa shape index (κ1) is 14.9. The van der Waals surface area contributed by atoms with Gasteiger partial charge in [-0.2, -0.15) is 0 Å². The van der Waals surface area contributed by atoms with Crippen molar-refractivity contribution in [2.24, 2.45) is 23.2 Å². The highest BCUT2D eigenvalue weighted by Crippen LogP contribution is 2.40. The number of amides is 1. The zero-order valence-electron chi connectivity index (χ0n) is 13.2. The predicted octanol–water partition coefficient (Wildman–Crippen LogP) is 4.14. The molecule has 110 valence electrons. The Labute approximate surface area is 118 Å². The summed E-state index contributed by atoms with van der Waals surface area (Å²) in [6.45, 7) is 9.29. The first-order chi connectivity index (χ1) is 8.86. The molecule has 1 amide bonds. The lowest BCUT2D eigenvalue weighted by Gasteiger charge is -2.36. The highest BCUT2D eigenvalue weighted by Gasteiger charge is 2.33. The van der Waals surface area contributed by atoms with Gasteiger partial charge < -0.3 is 5.32 Å². The van der Waals surface area contributed by atoms with Gasteiger partial charge in [-0.1, -0.05) is 27.7 Å². The van der Waals surface area contributed by atoms with Crippen LogP contribution in [-0.2, 0) is 4.79 Å². The molecule has 0 saturated heterocycles. The fourth-order valence-corrected chi connectivity index (χ4v) is 3.88. The van der Waals surface area contributed by atoms with Crippen LogP contribution in [0.3, 0.4) is 0 Å². The maximum absolute atomic E-state index is 12.3. The normalized spacial score (nSPS) is 36.2. The van der Waals surface area contributed by atoms with E-state index in [1.807, 2.05) is 0 Å². The quantitative estimate of drug-likeness (QED) is 0.798. The second-order valence-electron chi connectivity index (χ2n) is 8.04. The van der Waals surface area contributed by atoms with Crippen molar-refractivity contribution in [2.75, 3.05) is 0 Å². The molecule has 2 fully saturated rings. The molecule has 0 heterocycles. The van der Waals surface area contributed by atoms with E-state index in [1.54, 1.807) is 0 Å². The maximum Gasteiger partial charge on any atom is 0.223 e. The molecule has 2 nitrogen and oxygen atoms in total. The zero-order valence-corrected chi connectivity index (χ0v) is 13.2. The molecular formula is C17H31NO. The van der Waals surface area contributed by atoms with Crippen LogP contribution in [0.5, 0.6) is 0 Å². The third-order valence-electron chi connectivity index (χ3n) is 5.36. The highest BCUT2D eigenvalue weighted by molar-refractivity contribution is 5.79. The molecule has 2 aliphatic carbocycles. The Bertz CT molecular complexity index is 310. The third-order valence-corrected chi connectivity index (χ3v) is 5.36. The van der Waals surface area contributed by atoms with Crippen LogP contribution in [0.25, 0.3) is 0 Å². The van der Waals surface area contributed by atoms with Gasteiger partial charge in [-0.15, -0.1) is 0 Å². The minimum absolute atomic E-state index is 0.287. The molecule has 1 N–H and O–H groups in total. The van der Waals surface area contributed by atoms with Gasteiger partial charge in [-0.3, -0.25) is 4.79 Å². The van der Waals surface area contributed by atoms with Crippen LogP contribution in [-0.4, -0.2) is 11.9 Å². The third kappa shape index (κ3) is 3.97. The lowest BCUT2D eigenvalue weighted by molar-refractivity contribution is -0.127. The summed E-state index contributed by atoms with van der Waals surface area (Å²) in [5, 5.41) is 3.29. The fourth-order valence-electron chi connectivity index (χ4n) is 3.88. The van der Waals surface area contributed by atoms with E-state index in [9.17, 15) is 4.79 Å². The average Bonchev–Trinajstić information content (AvgIpc) is 2.74. The second-order valence-corrected chi connectivity index (χ2v) is 8.04. The van der Waals surface area contributed by atoms with Gasteiger partial charge in [0.2, 0.25) is 5.91 Å². The van der Waals surface area contributed by atoms with Crippen molar-refractivity contribution in [3.05, 3.63) is 0 Å². The predicted molar refractivity (Wildman–Crippen MR) is 79.8 cm³/mol. The summed E-state index contributed by atoms with van der Waals surface area (Å²) in [6, 6.07) is 0.461. The van der Waals surface area contributed by atoms with Gasteiger partial charge in [0.1, 0.15) is 0 Å². The molecule has 0 aromatic carbocycles. The summed E-state index contributed by atoms with van der Waals surface area (Å²) < 4.78 is 0. The molecule has 2 rings (SSSR count). The molecule has 0 aromatic rings. The van der Waals surface area contributed by atoms with E-state index in [0.717, 1.165) is 24.7 Å². The Balaban J connectivity index is 1.76. The van der Waals surface area contributed by atoms with Crippen molar-refractivity contribution < 1.29 is 4.79 Å². The second kappa shape index (κ2) is 5.85. The van der Waals surface area contributed by atoms with Gasteiger partial charge in [0.25, 0.3) is 0 Å². The molecule has 2 aliphatic rings. The molecule has 0 radical (unpaired) electrons. The first-order valence-electron chi connectivity index (χ1n) is 8.16. The van der Waals surface area contributed by atoms with E-state index in [4.69, 9.17) is 0 Å². The average molecular weight is 265 g/mol. The summed E-state index contributed by atoms with van der Waals surface area (Å²) in [5.41, 5.74) is 0.405. The summed E-state index contributed by atoms with van der Waals surface area (Å²) in [5.74, 6) is 2.21. The van der Waals surface area contributed by atoms with Crippen molar-refractivity contribution in [3.63, 3.8) is 0 Å². The van der Waals surface area contributed by atoms with Crippen LogP contribution in [0.1, 0.15) is 72.6 Å². The number of carbonyl (C=O) groups is 1. The number of hydrogen-bond donors (Lipinski definition) is 1. The molecule has 2 saturated carbocycles. The van der Waals surface area contributed by atoms with Gasteiger partial charge in [0, 0.05) is 12.0 Å². The number of nitrogens with one attached hydrogen (secondary N) is 1. The van der Waals surface area contributed by atoms with Crippen molar-refractivity contribution in [1.82, 2.24) is 5.32 Å². The Morgan fingerprint density at radius 2 is 1.63 bits per heavy atom. The highest BCUT2D eigenvalue weighted by atomic mass is 16.1. The summed E-state index contributed by atoms with van der Waals surface area (Å²) >= 11 is 0. The molecule has 0 bridgehead atoms. The van der Waals surface area contributed by atoms with E-state index >= 15 is 0 Å². The Kier molecular flexibility index (Phi) is 4.58. The van der Waals surface area contributed by atoms with E-state index in [1.165, 1.54) is 32.1 Å². The molecule has 2 heteroatoms. The van der Waals surface area contributed by atoms with Gasteiger partial charge in [0.15, 0.2) is 0 Å². The lowest BCUT2D eigenvalue weighted by Crippen LogP contribution is -2.39. The molecular weight excluding hydrogens is 234 g/mol. The lowest BCUT2D eigenvalue weighted by atomic mass is 9.69. The Hall–Kier alpha value is -0.530. The van der Waals surface area contributed by atoms with Crippen molar-refractivity contribution in [2.45, 2.75) is 78.7 Å². The molecule has 0 spiro atoms. The zero-order chi connectivity index (χ0) is 14.0. The molecule has 2 unspecified atom stereocenters. The minimum atomic E-state index is 0.287. The van der Waals surface area contributed by atoms with Gasteiger partial charge in [0.05, 0.1) is 0 Å². The van der Waals surface area contributed by atoms with Crippen LogP contribution < -0.4 is 5.32 Å². The molecule has 0 aromatic heterocycles. The van der Waals surface area contributed by atoms with Gasteiger partial charge in [-0.25, -0.2) is 0 Å². The van der Waals surface area contributed by atoms with Crippen LogP contribution in [0.4, 0.5) is 0 Å². The van der Waals surface area contributed by atoms with Crippen molar-refractivity contribution in [1.29, 1.82) is 0 Å². The number of hydrogen-bond acceptors (Lipinski definition) is 1. The Morgan fingerprint density at radius 1 is 1.00 bits per heavy atom.